The van der Waals surface area contributed by atoms with Crippen molar-refractivity contribution in [3.05, 3.63) is 17.7 Å². The van der Waals surface area contributed by atoms with Crippen molar-refractivity contribution in [3.8, 4) is 23.3 Å². The molecule has 0 atom stereocenters. The summed E-state index contributed by atoms with van der Waals surface area (Å²) in [5, 5.41) is 8.52. The number of rotatable bonds is 5. The van der Waals surface area contributed by atoms with Crippen LogP contribution in [0.5, 0.6) is 17.2 Å². The Morgan fingerprint density at radius 3 is 2.12 bits per heavy atom. The fourth-order valence-corrected chi connectivity index (χ4v) is 1.41. The number of hydrogen-bond donors (Lipinski definition) is 0. The standard InChI is InChI=1S/C12H13NO4/c1-15-10-7-12(17-3)11(16-2)6-8(10)9(14)4-5-13/h6-7H,4H2,1-3H3. The van der Waals surface area contributed by atoms with Crippen molar-refractivity contribution < 1.29 is 19.0 Å². The van der Waals surface area contributed by atoms with Crippen LogP contribution >= 0.6 is 0 Å². The normalized spacial score (nSPS) is 9.29. The molecule has 0 aliphatic heterocycles. The van der Waals surface area contributed by atoms with E-state index in [0.717, 1.165) is 0 Å². The molecule has 0 fully saturated rings. The van der Waals surface area contributed by atoms with E-state index in [4.69, 9.17) is 19.5 Å². The Balaban J connectivity index is 3.29. The highest BCUT2D eigenvalue weighted by atomic mass is 16.5. The average molecular weight is 235 g/mol. The molecule has 0 heterocycles. The molecule has 0 aromatic heterocycles. The van der Waals surface area contributed by atoms with Gasteiger partial charge in [0.25, 0.3) is 0 Å². The van der Waals surface area contributed by atoms with Gasteiger partial charge in [-0.1, -0.05) is 0 Å². The quantitative estimate of drug-likeness (QED) is 0.728. The second-order valence-corrected chi connectivity index (χ2v) is 3.17. The molecule has 0 radical (unpaired) electrons. The van der Waals surface area contributed by atoms with E-state index < -0.39 is 0 Å². The summed E-state index contributed by atoms with van der Waals surface area (Å²) >= 11 is 0. The number of benzene rings is 1. The highest BCUT2D eigenvalue weighted by Crippen LogP contribution is 2.35. The lowest BCUT2D eigenvalue weighted by Crippen LogP contribution is -2.03. The van der Waals surface area contributed by atoms with Crippen LogP contribution in [0.15, 0.2) is 12.1 Å². The fourth-order valence-electron chi connectivity index (χ4n) is 1.41. The van der Waals surface area contributed by atoms with E-state index in [9.17, 15) is 4.79 Å². The first-order chi connectivity index (χ1) is 8.17. The molecular weight excluding hydrogens is 222 g/mol. The molecule has 0 bridgehead atoms. The van der Waals surface area contributed by atoms with Crippen LogP contribution in [0.1, 0.15) is 16.8 Å². The summed E-state index contributed by atoms with van der Waals surface area (Å²) in [5.74, 6) is 0.945. The predicted molar refractivity (Wildman–Crippen MR) is 60.7 cm³/mol. The third kappa shape index (κ3) is 2.67. The van der Waals surface area contributed by atoms with E-state index in [1.807, 2.05) is 0 Å². The topological polar surface area (TPSA) is 68.5 Å². The molecule has 0 N–H and O–H groups in total. The lowest BCUT2D eigenvalue weighted by Gasteiger charge is -2.12. The molecular formula is C12H13NO4. The number of carbonyl (C=O) groups is 1. The zero-order valence-corrected chi connectivity index (χ0v) is 9.94. The highest BCUT2D eigenvalue weighted by molar-refractivity contribution is 6.00. The van der Waals surface area contributed by atoms with Crippen LogP contribution < -0.4 is 14.2 Å². The maximum Gasteiger partial charge on any atom is 0.180 e. The maximum atomic E-state index is 11.7. The summed E-state index contributed by atoms with van der Waals surface area (Å²) in [7, 11) is 4.42. The number of ketones is 1. The number of carbonyl (C=O) groups excluding carboxylic acids is 1. The average Bonchev–Trinajstić information content (AvgIpc) is 2.37. The van der Waals surface area contributed by atoms with E-state index in [0.29, 0.717) is 22.8 Å². The minimum Gasteiger partial charge on any atom is -0.496 e. The van der Waals surface area contributed by atoms with Crippen molar-refractivity contribution in [1.29, 1.82) is 5.26 Å². The Bertz CT molecular complexity index is 462. The van der Waals surface area contributed by atoms with Gasteiger partial charge in [-0.3, -0.25) is 4.79 Å². The number of ether oxygens (including phenoxy) is 3. The number of methoxy groups -OCH3 is 3. The lowest BCUT2D eigenvalue weighted by molar-refractivity contribution is 0.0994. The molecule has 0 spiro atoms. The molecule has 5 heteroatoms. The Morgan fingerprint density at radius 2 is 1.65 bits per heavy atom. The molecule has 0 aliphatic rings. The largest absolute Gasteiger partial charge is 0.496 e. The molecule has 0 aliphatic carbocycles. The Morgan fingerprint density at radius 1 is 1.12 bits per heavy atom. The van der Waals surface area contributed by atoms with E-state index in [2.05, 4.69) is 0 Å². The molecule has 1 aromatic rings. The first-order valence-electron chi connectivity index (χ1n) is 4.88. The van der Waals surface area contributed by atoms with Crippen LogP contribution in [-0.4, -0.2) is 27.1 Å². The van der Waals surface area contributed by atoms with E-state index >= 15 is 0 Å². The van der Waals surface area contributed by atoms with Gasteiger partial charge in [0, 0.05) is 6.07 Å². The summed E-state index contributed by atoms with van der Waals surface area (Å²) in [6.45, 7) is 0. The molecule has 5 nitrogen and oxygen atoms in total. The van der Waals surface area contributed by atoms with Crippen LogP contribution in [-0.2, 0) is 0 Å². The molecule has 0 saturated carbocycles. The second kappa shape index (κ2) is 5.75. The summed E-state index contributed by atoms with van der Waals surface area (Å²) in [6.07, 6.45) is -0.203. The van der Waals surface area contributed by atoms with E-state index in [1.54, 1.807) is 12.1 Å². The van der Waals surface area contributed by atoms with Gasteiger partial charge in [-0.05, 0) is 6.07 Å². The summed E-state index contributed by atoms with van der Waals surface area (Å²) < 4.78 is 15.3. The lowest BCUT2D eigenvalue weighted by atomic mass is 10.1. The fraction of sp³-hybridized carbons (Fsp3) is 0.333. The molecule has 0 unspecified atom stereocenters. The summed E-state index contributed by atoms with van der Waals surface area (Å²) in [6, 6.07) is 4.88. The monoisotopic (exact) mass is 235 g/mol. The molecule has 1 aromatic carbocycles. The summed E-state index contributed by atoms with van der Waals surface area (Å²) in [4.78, 5) is 11.7. The Labute approximate surface area is 99.5 Å². The van der Waals surface area contributed by atoms with Crippen LogP contribution in [0.4, 0.5) is 0 Å². The van der Waals surface area contributed by atoms with Crippen molar-refractivity contribution in [2.75, 3.05) is 21.3 Å². The zero-order valence-electron chi connectivity index (χ0n) is 9.94. The van der Waals surface area contributed by atoms with Crippen LogP contribution in [0.2, 0.25) is 0 Å². The van der Waals surface area contributed by atoms with Crippen molar-refractivity contribution in [1.82, 2.24) is 0 Å². The minimum atomic E-state index is -0.315. The molecule has 17 heavy (non-hydrogen) atoms. The minimum absolute atomic E-state index is 0.203. The maximum absolute atomic E-state index is 11.7. The number of Topliss-reactive ketones (excluding diaryl/α,β-unsaturated/α-hetero) is 1. The number of nitriles is 1. The van der Waals surface area contributed by atoms with E-state index in [-0.39, 0.29) is 12.2 Å². The predicted octanol–water partition coefficient (Wildman–Crippen LogP) is 1.81. The highest BCUT2D eigenvalue weighted by Gasteiger charge is 2.17. The molecule has 1 rings (SSSR count). The first-order valence-corrected chi connectivity index (χ1v) is 4.88. The van der Waals surface area contributed by atoms with Gasteiger partial charge in [0.1, 0.15) is 5.75 Å². The molecule has 0 saturated heterocycles. The van der Waals surface area contributed by atoms with Crippen molar-refractivity contribution in [3.63, 3.8) is 0 Å². The van der Waals surface area contributed by atoms with Gasteiger partial charge in [0.2, 0.25) is 0 Å². The van der Waals surface area contributed by atoms with E-state index in [1.165, 1.54) is 27.4 Å². The van der Waals surface area contributed by atoms with Crippen LogP contribution in [0, 0.1) is 11.3 Å². The number of hydrogen-bond acceptors (Lipinski definition) is 5. The SMILES string of the molecule is COc1cc(OC)c(C(=O)CC#N)cc1OC. The third-order valence-electron chi connectivity index (χ3n) is 2.25. The second-order valence-electron chi connectivity index (χ2n) is 3.17. The van der Waals surface area contributed by atoms with Gasteiger partial charge < -0.3 is 14.2 Å². The van der Waals surface area contributed by atoms with Crippen molar-refractivity contribution >= 4 is 5.78 Å². The van der Waals surface area contributed by atoms with Gasteiger partial charge in [-0.25, -0.2) is 0 Å². The molecule has 90 valence electrons. The van der Waals surface area contributed by atoms with Gasteiger partial charge in [-0.15, -0.1) is 0 Å². The van der Waals surface area contributed by atoms with Gasteiger partial charge >= 0.3 is 0 Å². The van der Waals surface area contributed by atoms with Crippen LogP contribution in [0.3, 0.4) is 0 Å². The summed E-state index contributed by atoms with van der Waals surface area (Å²) in [5.41, 5.74) is 0.312. The zero-order chi connectivity index (χ0) is 12.8. The van der Waals surface area contributed by atoms with Gasteiger partial charge in [0.05, 0.1) is 39.4 Å². The first kappa shape index (κ1) is 12.8. The third-order valence-corrected chi connectivity index (χ3v) is 2.25. The van der Waals surface area contributed by atoms with Crippen molar-refractivity contribution in [2.24, 2.45) is 0 Å². The molecule has 0 amide bonds. The van der Waals surface area contributed by atoms with Crippen molar-refractivity contribution in [2.45, 2.75) is 6.42 Å². The smallest absolute Gasteiger partial charge is 0.180 e. The Hall–Kier alpha value is -2.22. The number of nitrogens with zero attached hydrogens (tertiary/aromatic N) is 1. The van der Waals surface area contributed by atoms with Gasteiger partial charge in [-0.2, -0.15) is 5.26 Å². The van der Waals surface area contributed by atoms with Crippen LogP contribution in [0.25, 0.3) is 0 Å². The van der Waals surface area contributed by atoms with Gasteiger partial charge in [0.15, 0.2) is 17.3 Å². The Kier molecular flexibility index (Phi) is 4.35.